The van der Waals surface area contributed by atoms with Gasteiger partial charge in [0.2, 0.25) is 0 Å². The van der Waals surface area contributed by atoms with E-state index >= 15 is 0 Å². The molecule has 0 fully saturated rings. The minimum Gasteiger partial charge on any atom is -0.325 e. The second kappa shape index (κ2) is 9.30. The number of amides is 2. The number of hydrogen-bond donors (Lipinski definition) is 3. The van der Waals surface area contributed by atoms with Gasteiger partial charge in [-0.25, -0.2) is 4.79 Å². The van der Waals surface area contributed by atoms with Crippen LogP contribution < -0.4 is 15.4 Å². The Bertz CT molecular complexity index is 1180. The number of urea groups is 1. The fraction of sp³-hybridized carbons (Fsp3) is 0. The molecular weight excluding hydrogens is 437 g/mol. The summed E-state index contributed by atoms with van der Waals surface area (Å²) in [5.74, 6) is 0. The van der Waals surface area contributed by atoms with Crippen LogP contribution in [0.15, 0.2) is 89.8 Å². The molecule has 0 aromatic heterocycles. The standard InChI is InChI=1S/C23H17Cl2N3OS/c24-15-12-16(25)14-18(13-15)30-28-22-11-5-8-19-20(22)9-4-10-21(19)27-23(29)26-17-6-2-1-3-7-17/h1-14,28H,(H2,26,27,29). The second-order valence-corrected chi connectivity index (χ2v) is 8.21. The van der Waals surface area contributed by atoms with E-state index in [0.717, 1.165) is 32.7 Å². The summed E-state index contributed by atoms with van der Waals surface area (Å²) in [6.45, 7) is 0. The van der Waals surface area contributed by atoms with Crippen LogP contribution in [0.25, 0.3) is 10.8 Å². The van der Waals surface area contributed by atoms with Gasteiger partial charge in [0.15, 0.2) is 0 Å². The first-order chi connectivity index (χ1) is 14.6. The molecule has 0 atom stereocenters. The Kier molecular flexibility index (Phi) is 6.33. The van der Waals surface area contributed by atoms with Crippen molar-refractivity contribution in [2.24, 2.45) is 0 Å². The van der Waals surface area contributed by atoms with Gasteiger partial charge in [-0.1, -0.05) is 65.7 Å². The van der Waals surface area contributed by atoms with Crippen LogP contribution in [0.3, 0.4) is 0 Å². The van der Waals surface area contributed by atoms with Gasteiger partial charge in [0.1, 0.15) is 0 Å². The van der Waals surface area contributed by atoms with E-state index in [9.17, 15) is 4.79 Å². The summed E-state index contributed by atoms with van der Waals surface area (Å²) in [7, 11) is 0. The number of nitrogens with one attached hydrogen (secondary N) is 3. The number of para-hydroxylation sites is 1. The van der Waals surface area contributed by atoms with Crippen molar-refractivity contribution in [3.8, 4) is 0 Å². The van der Waals surface area contributed by atoms with Crippen LogP contribution in [0.4, 0.5) is 21.9 Å². The molecule has 30 heavy (non-hydrogen) atoms. The van der Waals surface area contributed by atoms with E-state index < -0.39 is 0 Å². The van der Waals surface area contributed by atoms with Gasteiger partial charge < -0.3 is 15.4 Å². The molecule has 0 heterocycles. The first kappa shape index (κ1) is 20.4. The molecule has 7 heteroatoms. The molecular formula is C23H17Cl2N3OS. The molecule has 4 nitrogen and oxygen atoms in total. The van der Waals surface area contributed by atoms with Crippen molar-refractivity contribution in [3.05, 3.63) is 95.0 Å². The molecule has 0 saturated carbocycles. The number of halogens is 2. The number of rotatable bonds is 5. The Morgan fingerprint density at radius 2 is 1.33 bits per heavy atom. The molecule has 0 radical (unpaired) electrons. The van der Waals surface area contributed by atoms with E-state index in [4.69, 9.17) is 23.2 Å². The van der Waals surface area contributed by atoms with Gasteiger partial charge in [-0.15, -0.1) is 0 Å². The van der Waals surface area contributed by atoms with Gasteiger partial charge in [0.05, 0.1) is 11.4 Å². The predicted octanol–water partition coefficient (Wildman–Crippen LogP) is 7.91. The van der Waals surface area contributed by atoms with E-state index in [-0.39, 0.29) is 6.03 Å². The van der Waals surface area contributed by atoms with Gasteiger partial charge in [0.25, 0.3) is 0 Å². The maximum Gasteiger partial charge on any atom is 0.323 e. The fourth-order valence-electron chi connectivity index (χ4n) is 3.02. The summed E-state index contributed by atoms with van der Waals surface area (Å²) in [5, 5.41) is 8.84. The van der Waals surface area contributed by atoms with Crippen molar-refractivity contribution in [1.82, 2.24) is 0 Å². The van der Waals surface area contributed by atoms with Gasteiger partial charge in [-0.05, 0) is 54.4 Å². The highest BCUT2D eigenvalue weighted by Gasteiger charge is 2.09. The summed E-state index contributed by atoms with van der Waals surface area (Å²) in [5.41, 5.74) is 2.37. The monoisotopic (exact) mass is 453 g/mol. The molecule has 0 aliphatic heterocycles. The Morgan fingerprint density at radius 3 is 2.03 bits per heavy atom. The third kappa shape index (κ3) is 5.00. The summed E-state index contributed by atoms with van der Waals surface area (Å²) < 4.78 is 3.35. The lowest BCUT2D eigenvalue weighted by Gasteiger charge is -2.13. The molecule has 0 spiro atoms. The average Bonchev–Trinajstić information content (AvgIpc) is 2.72. The Labute approximate surface area is 188 Å². The molecule has 0 saturated heterocycles. The molecule has 2 amide bonds. The largest absolute Gasteiger partial charge is 0.325 e. The lowest BCUT2D eigenvalue weighted by Crippen LogP contribution is -2.19. The molecule has 150 valence electrons. The van der Waals surface area contributed by atoms with Crippen molar-refractivity contribution >= 4 is 69.0 Å². The SMILES string of the molecule is O=C(Nc1ccccc1)Nc1cccc2c(NSc3cc(Cl)cc(Cl)c3)cccc12. The first-order valence-electron chi connectivity index (χ1n) is 9.12. The van der Waals surface area contributed by atoms with Crippen LogP contribution in [0.5, 0.6) is 0 Å². The number of anilines is 3. The van der Waals surface area contributed by atoms with Crippen LogP contribution in [0, 0.1) is 0 Å². The van der Waals surface area contributed by atoms with E-state index in [1.807, 2.05) is 78.9 Å². The highest BCUT2D eigenvalue weighted by atomic mass is 35.5. The topological polar surface area (TPSA) is 53.2 Å². The van der Waals surface area contributed by atoms with Crippen LogP contribution >= 0.6 is 35.1 Å². The number of carbonyl (C=O) groups excluding carboxylic acids is 1. The lowest BCUT2D eigenvalue weighted by molar-refractivity contribution is 0.262. The highest BCUT2D eigenvalue weighted by molar-refractivity contribution is 8.00. The maximum absolute atomic E-state index is 12.4. The van der Waals surface area contributed by atoms with Crippen molar-refractivity contribution in [3.63, 3.8) is 0 Å². The van der Waals surface area contributed by atoms with E-state index in [1.165, 1.54) is 11.9 Å². The van der Waals surface area contributed by atoms with Crippen molar-refractivity contribution in [2.75, 3.05) is 15.4 Å². The third-order valence-corrected chi connectivity index (χ3v) is 5.55. The van der Waals surface area contributed by atoms with Gasteiger partial charge in [-0.3, -0.25) is 0 Å². The van der Waals surface area contributed by atoms with E-state index in [1.54, 1.807) is 6.07 Å². The number of hydrogen-bond acceptors (Lipinski definition) is 3. The number of carbonyl (C=O) groups is 1. The normalized spacial score (nSPS) is 10.6. The lowest BCUT2D eigenvalue weighted by atomic mass is 10.1. The van der Waals surface area contributed by atoms with Gasteiger partial charge in [0, 0.05) is 31.4 Å². The summed E-state index contributed by atoms with van der Waals surface area (Å²) >= 11 is 13.6. The van der Waals surface area contributed by atoms with E-state index in [2.05, 4.69) is 15.4 Å². The minimum absolute atomic E-state index is 0.296. The summed E-state index contributed by atoms with van der Waals surface area (Å²) in [6, 6.07) is 26.1. The molecule has 4 aromatic carbocycles. The Morgan fingerprint density at radius 1 is 0.700 bits per heavy atom. The van der Waals surface area contributed by atoms with Crippen LogP contribution in [-0.4, -0.2) is 6.03 Å². The number of benzene rings is 4. The quantitative estimate of drug-likeness (QED) is 0.269. The maximum atomic E-state index is 12.4. The molecule has 4 rings (SSSR count). The summed E-state index contributed by atoms with van der Waals surface area (Å²) in [4.78, 5) is 13.3. The third-order valence-electron chi connectivity index (χ3n) is 4.32. The zero-order chi connectivity index (χ0) is 20.9. The predicted molar refractivity (Wildman–Crippen MR) is 129 cm³/mol. The van der Waals surface area contributed by atoms with Gasteiger partial charge in [-0.2, -0.15) is 0 Å². The molecule has 0 aliphatic carbocycles. The first-order valence-corrected chi connectivity index (χ1v) is 10.7. The van der Waals surface area contributed by atoms with Crippen molar-refractivity contribution in [2.45, 2.75) is 4.90 Å². The zero-order valence-electron chi connectivity index (χ0n) is 15.7. The fourth-order valence-corrected chi connectivity index (χ4v) is 4.45. The highest BCUT2D eigenvalue weighted by Crippen LogP contribution is 2.33. The molecule has 4 aromatic rings. The average molecular weight is 454 g/mol. The van der Waals surface area contributed by atoms with E-state index in [0.29, 0.717) is 10.0 Å². The number of fused-ring (bicyclic) bond motifs is 1. The minimum atomic E-state index is -0.296. The molecule has 0 aliphatic rings. The zero-order valence-corrected chi connectivity index (χ0v) is 18.0. The Hall–Kier alpha value is -2.86. The molecule has 0 bridgehead atoms. The van der Waals surface area contributed by atoms with Crippen LogP contribution in [-0.2, 0) is 0 Å². The van der Waals surface area contributed by atoms with Crippen LogP contribution in [0.1, 0.15) is 0 Å². The smallest absolute Gasteiger partial charge is 0.323 e. The molecule has 0 unspecified atom stereocenters. The Balaban J connectivity index is 1.54. The molecule has 3 N–H and O–H groups in total. The summed E-state index contributed by atoms with van der Waals surface area (Å²) in [6.07, 6.45) is 0. The van der Waals surface area contributed by atoms with Crippen LogP contribution in [0.2, 0.25) is 10.0 Å². The van der Waals surface area contributed by atoms with Gasteiger partial charge >= 0.3 is 6.03 Å². The second-order valence-electron chi connectivity index (χ2n) is 6.46. The van der Waals surface area contributed by atoms with Crippen molar-refractivity contribution < 1.29 is 4.79 Å². The van der Waals surface area contributed by atoms with Crippen molar-refractivity contribution in [1.29, 1.82) is 0 Å².